The summed E-state index contributed by atoms with van der Waals surface area (Å²) >= 11 is 0. The number of hydrogen-bond donors (Lipinski definition) is 1. The number of esters is 1. The molecule has 0 amide bonds. The smallest absolute Gasteiger partial charge is 0.305 e. The van der Waals surface area contributed by atoms with Gasteiger partial charge in [0, 0.05) is 12.0 Å². The number of fused-ring (bicyclic) bond motifs is 1. The Balaban J connectivity index is 2.06. The van der Waals surface area contributed by atoms with Crippen molar-refractivity contribution in [3.05, 3.63) is 58.2 Å². The largest absolute Gasteiger partial charge is 0.505 e. The van der Waals surface area contributed by atoms with Crippen LogP contribution in [0.25, 0.3) is 0 Å². The number of benzene rings is 2. The summed E-state index contributed by atoms with van der Waals surface area (Å²) in [5, 5.41) is 18.9. The molecule has 0 aromatic heterocycles. The van der Waals surface area contributed by atoms with Gasteiger partial charge in [-0.3, -0.25) is 9.79 Å². The zero-order valence-electron chi connectivity index (χ0n) is 16.2. The van der Waals surface area contributed by atoms with Crippen molar-refractivity contribution in [1.29, 1.82) is 0 Å². The minimum atomic E-state index is -0.259. The average molecular weight is 367 g/mol. The highest BCUT2D eigenvalue weighted by Gasteiger charge is 2.24. The van der Waals surface area contributed by atoms with E-state index in [1.54, 1.807) is 5.01 Å². The van der Waals surface area contributed by atoms with E-state index in [9.17, 15) is 9.90 Å². The maximum Gasteiger partial charge on any atom is 0.305 e. The summed E-state index contributed by atoms with van der Waals surface area (Å²) in [6, 6.07) is 11.5. The third kappa shape index (κ3) is 4.10. The van der Waals surface area contributed by atoms with Crippen molar-refractivity contribution in [2.75, 3.05) is 18.8 Å². The number of para-hydroxylation sites is 1. The standard InChI is InChI=1S/C21H25N3O3/c1-21(2,3)15-11-14(9-10-19(25)27-4)12-18(20(15)26)24-13-22-16-7-5-6-8-17(16)23-24/h5-8,11-12,26H,9-10,13H2,1-4H3. The molecule has 0 radical (unpaired) electrons. The lowest BCUT2D eigenvalue weighted by molar-refractivity contribution is -0.140. The monoisotopic (exact) mass is 367 g/mol. The number of methoxy groups -OCH3 is 1. The van der Waals surface area contributed by atoms with Gasteiger partial charge in [0.1, 0.15) is 23.5 Å². The third-order valence-corrected chi connectivity index (χ3v) is 4.57. The van der Waals surface area contributed by atoms with Crippen LogP contribution in [0.5, 0.6) is 5.75 Å². The van der Waals surface area contributed by atoms with Crippen LogP contribution in [0.4, 0.5) is 5.69 Å². The highest BCUT2D eigenvalue weighted by Crippen LogP contribution is 2.39. The van der Waals surface area contributed by atoms with E-state index in [2.05, 4.69) is 10.1 Å². The maximum atomic E-state index is 11.5. The minimum absolute atomic E-state index is 0.197. The first-order valence-electron chi connectivity index (χ1n) is 8.98. The normalized spacial score (nSPS) is 13.4. The Bertz CT molecular complexity index is 977. The Kier molecular flexibility index (Phi) is 5.17. The lowest BCUT2D eigenvalue weighted by Gasteiger charge is -2.27. The van der Waals surface area contributed by atoms with Gasteiger partial charge in [0.2, 0.25) is 0 Å². The van der Waals surface area contributed by atoms with Gasteiger partial charge in [0.15, 0.2) is 0 Å². The summed E-state index contributed by atoms with van der Waals surface area (Å²) in [7, 11) is 1.39. The molecule has 1 aliphatic heterocycles. The Labute approximate surface area is 158 Å². The van der Waals surface area contributed by atoms with Crippen molar-refractivity contribution < 1.29 is 14.6 Å². The van der Waals surface area contributed by atoms with Crippen LogP contribution in [0.3, 0.4) is 0 Å². The van der Waals surface area contributed by atoms with Crippen molar-refractivity contribution >= 4 is 11.7 Å². The zero-order chi connectivity index (χ0) is 19.6. The highest BCUT2D eigenvalue weighted by atomic mass is 16.5. The fourth-order valence-electron chi connectivity index (χ4n) is 3.06. The van der Waals surface area contributed by atoms with Crippen LogP contribution in [-0.4, -0.2) is 24.9 Å². The summed E-state index contributed by atoms with van der Waals surface area (Å²) in [4.78, 5) is 16.1. The van der Waals surface area contributed by atoms with E-state index in [-0.39, 0.29) is 23.6 Å². The Morgan fingerprint density at radius 3 is 2.59 bits per heavy atom. The maximum absolute atomic E-state index is 11.5. The minimum Gasteiger partial charge on any atom is -0.505 e. The Morgan fingerprint density at radius 2 is 1.93 bits per heavy atom. The van der Waals surface area contributed by atoms with Gasteiger partial charge >= 0.3 is 5.97 Å². The number of carbonyl (C=O) groups excluding carboxylic acids is 1. The van der Waals surface area contributed by atoms with Crippen LogP contribution in [0.2, 0.25) is 0 Å². The Hall–Kier alpha value is -2.89. The van der Waals surface area contributed by atoms with Crippen LogP contribution in [0, 0.1) is 0 Å². The second-order valence-corrected chi connectivity index (χ2v) is 7.63. The quantitative estimate of drug-likeness (QED) is 0.842. The van der Waals surface area contributed by atoms with Crippen molar-refractivity contribution in [1.82, 2.24) is 0 Å². The van der Waals surface area contributed by atoms with Crippen LogP contribution < -0.4 is 15.7 Å². The molecule has 0 bridgehead atoms. The lowest BCUT2D eigenvalue weighted by Crippen LogP contribution is -2.36. The summed E-state index contributed by atoms with van der Waals surface area (Å²) in [5.41, 5.74) is 2.10. The number of phenols is 1. The van der Waals surface area contributed by atoms with Crippen molar-refractivity contribution in [2.45, 2.75) is 39.0 Å². The van der Waals surface area contributed by atoms with Gasteiger partial charge < -0.3 is 9.84 Å². The number of anilines is 1. The predicted molar refractivity (Wildman–Crippen MR) is 103 cm³/mol. The van der Waals surface area contributed by atoms with Crippen molar-refractivity contribution in [3.8, 4) is 5.75 Å². The molecule has 27 heavy (non-hydrogen) atoms. The third-order valence-electron chi connectivity index (χ3n) is 4.57. The molecule has 142 valence electrons. The van der Waals surface area contributed by atoms with Crippen molar-refractivity contribution in [2.24, 2.45) is 10.1 Å². The SMILES string of the molecule is COC(=O)CCc1cc(N2CN=c3ccccc3=N2)c(O)c(C(C)(C)C)c1. The molecule has 6 nitrogen and oxygen atoms in total. The van der Waals surface area contributed by atoms with E-state index in [1.165, 1.54) is 7.11 Å². The molecule has 2 aromatic carbocycles. The number of hydrogen-bond acceptors (Lipinski definition) is 6. The van der Waals surface area contributed by atoms with E-state index in [4.69, 9.17) is 4.74 Å². The molecule has 3 rings (SSSR count). The number of carbonyl (C=O) groups is 1. The summed E-state index contributed by atoms with van der Waals surface area (Å²) in [5.74, 6) is -0.0591. The van der Waals surface area contributed by atoms with Crippen LogP contribution in [-0.2, 0) is 21.4 Å². The molecule has 2 aromatic rings. The zero-order valence-corrected chi connectivity index (χ0v) is 16.2. The summed E-state index contributed by atoms with van der Waals surface area (Å²) < 4.78 is 4.75. The van der Waals surface area contributed by atoms with E-state index < -0.39 is 0 Å². The second kappa shape index (κ2) is 7.39. The molecule has 1 N–H and O–H groups in total. The molecule has 1 heterocycles. The number of phenolic OH excluding ortho intramolecular Hbond substituents is 1. The van der Waals surface area contributed by atoms with Crippen LogP contribution >= 0.6 is 0 Å². The number of nitrogens with zero attached hydrogens (tertiary/aromatic N) is 3. The molecule has 0 unspecified atom stereocenters. The molecule has 0 spiro atoms. The first-order valence-corrected chi connectivity index (χ1v) is 8.98. The highest BCUT2D eigenvalue weighted by molar-refractivity contribution is 5.70. The molecular formula is C21H25N3O3. The second-order valence-electron chi connectivity index (χ2n) is 7.63. The number of aromatic hydroxyl groups is 1. The molecule has 6 heteroatoms. The van der Waals surface area contributed by atoms with E-state index in [0.717, 1.165) is 21.8 Å². The molecule has 0 fully saturated rings. The molecule has 1 aliphatic rings. The van der Waals surface area contributed by atoms with E-state index in [0.29, 0.717) is 18.8 Å². The number of rotatable bonds is 4. The van der Waals surface area contributed by atoms with Crippen molar-refractivity contribution in [3.63, 3.8) is 0 Å². The van der Waals surface area contributed by atoms with Gasteiger partial charge in [0.25, 0.3) is 0 Å². The first-order chi connectivity index (χ1) is 12.8. The summed E-state index contributed by atoms with van der Waals surface area (Å²) in [6.45, 7) is 6.46. The summed E-state index contributed by atoms with van der Waals surface area (Å²) in [6.07, 6.45) is 0.819. The Morgan fingerprint density at radius 1 is 1.22 bits per heavy atom. The van der Waals surface area contributed by atoms with Crippen LogP contribution in [0.1, 0.15) is 38.3 Å². The van der Waals surface area contributed by atoms with Gasteiger partial charge in [-0.05, 0) is 35.6 Å². The van der Waals surface area contributed by atoms with Gasteiger partial charge in [-0.2, -0.15) is 5.10 Å². The van der Waals surface area contributed by atoms with Gasteiger partial charge in [-0.15, -0.1) is 0 Å². The van der Waals surface area contributed by atoms with Gasteiger partial charge in [0.05, 0.1) is 12.5 Å². The van der Waals surface area contributed by atoms with Gasteiger partial charge in [-0.1, -0.05) is 39.0 Å². The first kappa shape index (κ1) is 18.9. The lowest BCUT2D eigenvalue weighted by atomic mass is 9.84. The van der Waals surface area contributed by atoms with E-state index >= 15 is 0 Å². The number of aryl methyl sites for hydroxylation is 1. The topological polar surface area (TPSA) is 74.5 Å². The number of ether oxygens (including phenoxy) is 1. The molecule has 0 saturated carbocycles. The fraction of sp³-hybridized carbons (Fsp3) is 0.381. The van der Waals surface area contributed by atoms with E-state index in [1.807, 2.05) is 57.2 Å². The molecular weight excluding hydrogens is 342 g/mol. The molecule has 0 aliphatic carbocycles. The fourth-order valence-corrected chi connectivity index (χ4v) is 3.06. The predicted octanol–water partition coefficient (Wildman–Crippen LogP) is 2.43. The van der Waals surface area contributed by atoms with Crippen LogP contribution in [0.15, 0.2) is 46.5 Å². The molecule has 0 saturated heterocycles. The van der Waals surface area contributed by atoms with Gasteiger partial charge in [-0.25, -0.2) is 5.01 Å². The molecule has 0 atom stereocenters. The average Bonchev–Trinajstić information content (AvgIpc) is 2.65.